The minimum atomic E-state index is 0.130. The minimum Gasteiger partial charge on any atom is -0.354 e. The predicted molar refractivity (Wildman–Crippen MR) is 103 cm³/mol. The van der Waals surface area contributed by atoms with Gasteiger partial charge in [0.05, 0.1) is 6.54 Å². The van der Waals surface area contributed by atoms with Crippen LogP contribution in [0.5, 0.6) is 0 Å². The summed E-state index contributed by atoms with van der Waals surface area (Å²) in [4.78, 5) is 14.8. The lowest BCUT2D eigenvalue weighted by Gasteiger charge is -2.38. The van der Waals surface area contributed by atoms with Crippen molar-refractivity contribution >= 4 is 5.91 Å². The summed E-state index contributed by atoms with van der Waals surface area (Å²) in [5.74, 6) is 0.178. The van der Waals surface area contributed by atoms with Gasteiger partial charge in [-0.2, -0.15) is 0 Å². The number of carbonyl (C=O) groups is 1. The number of rotatable bonds is 6. The molecule has 0 radical (unpaired) electrons. The molecule has 1 aromatic rings. The normalized spacial score (nSPS) is 24.0. The molecule has 0 spiro atoms. The van der Waals surface area contributed by atoms with Gasteiger partial charge in [-0.25, -0.2) is 0 Å². The van der Waals surface area contributed by atoms with Gasteiger partial charge in [0, 0.05) is 24.5 Å². The third-order valence-electron chi connectivity index (χ3n) is 6.10. The Morgan fingerprint density at radius 2 is 1.92 bits per heavy atom. The van der Waals surface area contributed by atoms with Gasteiger partial charge in [-0.15, -0.1) is 0 Å². The third-order valence-corrected chi connectivity index (χ3v) is 6.10. The highest BCUT2D eigenvalue weighted by atomic mass is 16.2. The molecule has 4 nitrogen and oxygen atoms in total. The second-order valence-corrected chi connectivity index (χ2v) is 7.85. The van der Waals surface area contributed by atoms with Crippen LogP contribution in [0.3, 0.4) is 0 Å². The third kappa shape index (κ3) is 4.83. The Morgan fingerprint density at radius 1 is 1.16 bits per heavy atom. The fourth-order valence-electron chi connectivity index (χ4n) is 4.55. The van der Waals surface area contributed by atoms with E-state index >= 15 is 0 Å². The van der Waals surface area contributed by atoms with Crippen LogP contribution < -0.4 is 10.6 Å². The van der Waals surface area contributed by atoms with Crippen LogP contribution in [-0.2, 0) is 10.2 Å². The Bertz CT molecular complexity index is 539. The molecule has 2 N–H and O–H groups in total. The van der Waals surface area contributed by atoms with Crippen LogP contribution in [0.15, 0.2) is 30.3 Å². The number of piperidine rings is 1. The van der Waals surface area contributed by atoms with Gasteiger partial charge in [-0.05, 0) is 44.8 Å². The van der Waals surface area contributed by atoms with Crippen LogP contribution >= 0.6 is 0 Å². The zero-order valence-electron chi connectivity index (χ0n) is 15.6. The number of likely N-dealkylation sites (tertiary alicyclic amines) is 1. The fraction of sp³-hybridized carbons (Fsp3) is 0.667. The average molecular weight is 344 g/mol. The zero-order valence-corrected chi connectivity index (χ0v) is 15.6. The lowest BCUT2D eigenvalue weighted by Crippen LogP contribution is -2.49. The molecule has 138 valence electrons. The van der Waals surface area contributed by atoms with Crippen molar-refractivity contribution in [3.05, 3.63) is 35.9 Å². The van der Waals surface area contributed by atoms with Crippen LogP contribution in [-0.4, -0.2) is 50.1 Å². The van der Waals surface area contributed by atoms with Crippen molar-refractivity contribution in [2.75, 3.05) is 33.2 Å². The van der Waals surface area contributed by atoms with E-state index < -0.39 is 0 Å². The molecule has 1 aliphatic heterocycles. The first-order valence-electron chi connectivity index (χ1n) is 9.94. The first kappa shape index (κ1) is 18.4. The lowest BCUT2D eigenvalue weighted by molar-refractivity contribution is -0.122. The molecule has 1 unspecified atom stereocenters. The summed E-state index contributed by atoms with van der Waals surface area (Å²) in [5.41, 5.74) is 1.52. The van der Waals surface area contributed by atoms with Crippen LogP contribution in [0, 0.1) is 0 Å². The topological polar surface area (TPSA) is 44.4 Å². The molecular weight excluding hydrogens is 310 g/mol. The van der Waals surface area contributed by atoms with Gasteiger partial charge in [0.15, 0.2) is 0 Å². The molecule has 1 heterocycles. The molecule has 1 aromatic carbocycles. The number of likely N-dealkylation sites (N-methyl/N-ethyl adjacent to an activating group) is 1. The molecule has 2 aliphatic rings. The quantitative estimate of drug-likeness (QED) is 0.835. The van der Waals surface area contributed by atoms with E-state index in [9.17, 15) is 4.79 Å². The molecule has 1 saturated heterocycles. The van der Waals surface area contributed by atoms with Crippen LogP contribution in [0.1, 0.15) is 50.5 Å². The summed E-state index contributed by atoms with van der Waals surface area (Å²) in [6, 6.07) is 11.3. The molecule has 1 amide bonds. The van der Waals surface area contributed by atoms with Gasteiger partial charge in [0.25, 0.3) is 0 Å². The highest BCUT2D eigenvalue weighted by Gasteiger charge is 2.34. The van der Waals surface area contributed by atoms with Gasteiger partial charge in [0.2, 0.25) is 5.91 Å². The first-order chi connectivity index (χ1) is 12.2. The molecule has 3 rings (SSSR count). The maximum Gasteiger partial charge on any atom is 0.234 e. The van der Waals surface area contributed by atoms with E-state index in [1.165, 1.54) is 50.5 Å². The van der Waals surface area contributed by atoms with Crippen molar-refractivity contribution < 1.29 is 4.79 Å². The molecule has 1 saturated carbocycles. The van der Waals surface area contributed by atoms with Gasteiger partial charge in [-0.3, -0.25) is 9.69 Å². The number of benzene rings is 1. The number of nitrogens with zero attached hydrogens (tertiary/aromatic N) is 1. The highest BCUT2D eigenvalue weighted by molar-refractivity contribution is 5.78. The summed E-state index contributed by atoms with van der Waals surface area (Å²) >= 11 is 0. The van der Waals surface area contributed by atoms with Crippen LogP contribution in [0.25, 0.3) is 0 Å². The first-order valence-corrected chi connectivity index (χ1v) is 9.94. The van der Waals surface area contributed by atoms with Gasteiger partial charge >= 0.3 is 0 Å². The predicted octanol–water partition coefficient (Wildman–Crippen LogP) is 2.69. The molecule has 1 atom stereocenters. The maximum absolute atomic E-state index is 12.5. The molecule has 25 heavy (non-hydrogen) atoms. The minimum absolute atomic E-state index is 0.130. The Kier molecular flexibility index (Phi) is 6.49. The average Bonchev–Trinajstić information content (AvgIpc) is 2.68. The van der Waals surface area contributed by atoms with Crippen molar-refractivity contribution in [2.45, 2.75) is 56.4 Å². The number of amides is 1. The molecule has 1 aliphatic carbocycles. The van der Waals surface area contributed by atoms with Gasteiger partial charge < -0.3 is 10.6 Å². The summed E-state index contributed by atoms with van der Waals surface area (Å²) < 4.78 is 0. The van der Waals surface area contributed by atoms with Crippen LogP contribution in [0.2, 0.25) is 0 Å². The molecule has 4 heteroatoms. The standard InChI is InChI=1S/C21H33N3O/c1-22-19-11-8-14-24(15-19)16-20(25)23-17-21(12-6-3-7-13-21)18-9-4-2-5-10-18/h2,4-5,9-10,19,22H,3,6-8,11-17H2,1H3,(H,23,25). The zero-order chi connectivity index (χ0) is 17.5. The molecular formula is C21H33N3O. The Morgan fingerprint density at radius 3 is 2.64 bits per heavy atom. The smallest absolute Gasteiger partial charge is 0.234 e. The highest BCUT2D eigenvalue weighted by Crippen LogP contribution is 2.38. The van der Waals surface area contributed by atoms with E-state index in [1.54, 1.807) is 0 Å². The number of hydrogen-bond acceptors (Lipinski definition) is 3. The summed E-state index contributed by atoms with van der Waals surface area (Å²) in [6.45, 7) is 3.32. The van der Waals surface area contributed by atoms with E-state index in [4.69, 9.17) is 0 Å². The van der Waals surface area contributed by atoms with Crippen LogP contribution in [0.4, 0.5) is 0 Å². The van der Waals surface area contributed by atoms with E-state index in [-0.39, 0.29) is 11.3 Å². The molecule has 0 aromatic heterocycles. The van der Waals surface area contributed by atoms with Crippen molar-refractivity contribution in [1.29, 1.82) is 0 Å². The summed E-state index contributed by atoms with van der Waals surface area (Å²) in [5, 5.41) is 6.62. The Labute approximate surface area is 152 Å². The fourth-order valence-corrected chi connectivity index (χ4v) is 4.55. The van der Waals surface area contributed by atoms with E-state index in [0.717, 1.165) is 19.6 Å². The number of hydrogen-bond donors (Lipinski definition) is 2. The number of carbonyl (C=O) groups excluding carboxylic acids is 1. The van der Waals surface area contributed by atoms with Gasteiger partial charge in [0.1, 0.15) is 0 Å². The van der Waals surface area contributed by atoms with E-state index in [1.807, 2.05) is 7.05 Å². The molecule has 2 fully saturated rings. The van der Waals surface area contributed by atoms with Gasteiger partial charge in [-0.1, -0.05) is 49.6 Å². The Hall–Kier alpha value is -1.39. The largest absolute Gasteiger partial charge is 0.354 e. The van der Waals surface area contributed by atoms with E-state index in [0.29, 0.717) is 12.6 Å². The van der Waals surface area contributed by atoms with Crippen molar-refractivity contribution in [3.8, 4) is 0 Å². The monoisotopic (exact) mass is 343 g/mol. The SMILES string of the molecule is CNC1CCCN(CC(=O)NCC2(c3ccccc3)CCCCC2)C1. The summed E-state index contributed by atoms with van der Waals surface area (Å²) in [7, 11) is 2.01. The Balaban J connectivity index is 1.57. The maximum atomic E-state index is 12.5. The summed E-state index contributed by atoms with van der Waals surface area (Å²) in [6.07, 6.45) is 8.60. The van der Waals surface area contributed by atoms with Crippen molar-refractivity contribution in [2.24, 2.45) is 0 Å². The second-order valence-electron chi connectivity index (χ2n) is 7.85. The van der Waals surface area contributed by atoms with Crippen molar-refractivity contribution in [3.63, 3.8) is 0 Å². The number of nitrogens with one attached hydrogen (secondary N) is 2. The van der Waals surface area contributed by atoms with E-state index in [2.05, 4.69) is 45.9 Å². The second kappa shape index (κ2) is 8.81. The lowest BCUT2D eigenvalue weighted by atomic mass is 9.69. The van der Waals surface area contributed by atoms with Crippen molar-refractivity contribution in [1.82, 2.24) is 15.5 Å². The molecule has 0 bridgehead atoms.